The van der Waals surface area contributed by atoms with Crippen LogP contribution in [0.1, 0.15) is 18.9 Å². The number of anilines is 1. The molecule has 9 nitrogen and oxygen atoms in total. The molecule has 0 fully saturated rings. The van der Waals surface area contributed by atoms with Crippen LogP contribution in [0.5, 0.6) is 5.75 Å². The van der Waals surface area contributed by atoms with Gasteiger partial charge in [0, 0.05) is 6.07 Å². The third-order valence-corrected chi connectivity index (χ3v) is 3.46. The Balaban J connectivity index is 2.31. The van der Waals surface area contributed by atoms with Gasteiger partial charge in [-0.15, -0.1) is 0 Å². The summed E-state index contributed by atoms with van der Waals surface area (Å²) in [5.41, 5.74) is 3.45. The number of nitro benzene ring substituents is 2. The first-order chi connectivity index (χ1) is 12.0. The molecule has 0 aliphatic carbocycles. The monoisotopic (exact) mass is 344 g/mol. The Hall–Kier alpha value is -3.49. The van der Waals surface area contributed by atoms with E-state index in [1.165, 1.54) is 12.1 Å². The van der Waals surface area contributed by atoms with Crippen LogP contribution in [0.3, 0.4) is 0 Å². The van der Waals surface area contributed by atoms with Crippen molar-refractivity contribution in [1.29, 1.82) is 0 Å². The highest BCUT2D eigenvalue weighted by atomic mass is 16.6. The predicted octanol–water partition coefficient (Wildman–Crippen LogP) is 3.74. The molecule has 25 heavy (non-hydrogen) atoms. The molecule has 0 atom stereocenters. The standard InChI is InChI=1S/C16H16N4O5/c1-3-14(11-4-7-13(25-2)8-5-11)17-18-15-9-6-12(19(21)22)10-16(15)20(23)24/h4-10,18H,3H2,1-2H3. The quantitative estimate of drug-likeness (QED) is 0.464. The van der Waals surface area contributed by atoms with Crippen molar-refractivity contribution in [3.05, 3.63) is 68.3 Å². The summed E-state index contributed by atoms with van der Waals surface area (Å²) >= 11 is 0. The fourth-order valence-corrected chi connectivity index (χ4v) is 2.14. The molecule has 0 saturated heterocycles. The summed E-state index contributed by atoms with van der Waals surface area (Å²) < 4.78 is 5.10. The third-order valence-electron chi connectivity index (χ3n) is 3.46. The van der Waals surface area contributed by atoms with E-state index in [9.17, 15) is 20.2 Å². The van der Waals surface area contributed by atoms with Gasteiger partial charge in [0.25, 0.3) is 5.69 Å². The van der Waals surface area contributed by atoms with Gasteiger partial charge in [-0.2, -0.15) is 5.10 Å². The van der Waals surface area contributed by atoms with E-state index in [1.54, 1.807) is 19.2 Å². The molecule has 0 heterocycles. The first-order valence-electron chi connectivity index (χ1n) is 7.36. The Kier molecular flexibility index (Phi) is 5.62. The fourth-order valence-electron chi connectivity index (χ4n) is 2.14. The SMILES string of the molecule is CCC(=NNc1ccc([N+](=O)[O-])cc1[N+](=O)[O-])c1ccc(OC)cc1. The van der Waals surface area contributed by atoms with Crippen molar-refractivity contribution in [2.75, 3.05) is 12.5 Å². The number of nitrogens with one attached hydrogen (secondary N) is 1. The van der Waals surface area contributed by atoms with Gasteiger partial charge < -0.3 is 4.74 Å². The van der Waals surface area contributed by atoms with E-state index >= 15 is 0 Å². The topological polar surface area (TPSA) is 120 Å². The van der Waals surface area contributed by atoms with Gasteiger partial charge in [0.05, 0.1) is 28.7 Å². The van der Waals surface area contributed by atoms with Crippen molar-refractivity contribution in [3.63, 3.8) is 0 Å². The molecule has 2 aromatic carbocycles. The summed E-state index contributed by atoms with van der Waals surface area (Å²) in [5, 5.41) is 26.1. The molecule has 0 radical (unpaired) electrons. The van der Waals surface area contributed by atoms with Crippen LogP contribution in [-0.2, 0) is 0 Å². The molecular formula is C16H16N4O5. The second-order valence-corrected chi connectivity index (χ2v) is 4.97. The minimum absolute atomic E-state index is 0.0788. The molecule has 0 unspecified atom stereocenters. The van der Waals surface area contributed by atoms with Gasteiger partial charge in [0.15, 0.2) is 0 Å². The van der Waals surface area contributed by atoms with Crippen molar-refractivity contribution in [1.82, 2.24) is 0 Å². The average molecular weight is 344 g/mol. The number of ether oxygens (including phenoxy) is 1. The Bertz CT molecular complexity index is 818. The van der Waals surface area contributed by atoms with Gasteiger partial charge in [-0.05, 0) is 42.3 Å². The minimum atomic E-state index is -0.691. The molecule has 0 saturated carbocycles. The Morgan fingerprint density at radius 1 is 1.12 bits per heavy atom. The molecule has 0 bridgehead atoms. The van der Waals surface area contributed by atoms with Crippen LogP contribution in [0, 0.1) is 20.2 Å². The number of hydrogen-bond acceptors (Lipinski definition) is 7. The summed E-state index contributed by atoms with van der Waals surface area (Å²) in [4.78, 5) is 20.5. The molecule has 0 aliphatic heterocycles. The van der Waals surface area contributed by atoms with Crippen LogP contribution in [0.25, 0.3) is 0 Å². The largest absolute Gasteiger partial charge is 0.497 e. The Morgan fingerprint density at radius 3 is 2.32 bits per heavy atom. The zero-order valence-electron chi connectivity index (χ0n) is 13.6. The molecule has 0 spiro atoms. The number of methoxy groups -OCH3 is 1. The lowest BCUT2D eigenvalue weighted by Gasteiger charge is -2.07. The van der Waals surface area contributed by atoms with Crippen LogP contribution < -0.4 is 10.2 Å². The summed E-state index contributed by atoms with van der Waals surface area (Å²) in [6.45, 7) is 1.90. The summed E-state index contributed by atoms with van der Waals surface area (Å²) in [6.07, 6.45) is 0.583. The number of hydrazone groups is 1. The van der Waals surface area contributed by atoms with E-state index in [1.807, 2.05) is 19.1 Å². The molecule has 2 aromatic rings. The summed E-state index contributed by atoms with van der Waals surface area (Å²) in [5.74, 6) is 0.707. The van der Waals surface area contributed by atoms with Crippen LogP contribution in [0.15, 0.2) is 47.6 Å². The van der Waals surface area contributed by atoms with Crippen LogP contribution >= 0.6 is 0 Å². The van der Waals surface area contributed by atoms with E-state index in [-0.39, 0.29) is 11.4 Å². The maximum atomic E-state index is 11.1. The number of benzene rings is 2. The second kappa shape index (κ2) is 7.86. The molecular weight excluding hydrogens is 328 g/mol. The van der Waals surface area contributed by atoms with Gasteiger partial charge in [-0.25, -0.2) is 0 Å². The smallest absolute Gasteiger partial charge is 0.301 e. The maximum absolute atomic E-state index is 11.1. The summed E-state index contributed by atoms with van der Waals surface area (Å²) in [6, 6.07) is 10.6. The lowest BCUT2D eigenvalue weighted by Crippen LogP contribution is -2.05. The van der Waals surface area contributed by atoms with Crippen molar-refractivity contribution in [2.24, 2.45) is 5.10 Å². The average Bonchev–Trinajstić information content (AvgIpc) is 2.62. The maximum Gasteiger partial charge on any atom is 0.301 e. The van der Waals surface area contributed by atoms with Crippen molar-refractivity contribution >= 4 is 22.8 Å². The van der Waals surface area contributed by atoms with Crippen molar-refractivity contribution in [3.8, 4) is 5.75 Å². The molecule has 9 heteroatoms. The Labute approximate surface area is 143 Å². The fraction of sp³-hybridized carbons (Fsp3) is 0.188. The first kappa shape index (κ1) is 17.9. The highest BCUT2D eigenvalue weighted by molar-refractivity contribution is 6.01. The number of hydrogen-bond donors (Lipinski definition) is 1. The zero-order chi connectivity index (χ0) is 18.4. The van der Waals surface area contributed by atoms with Gasteiger partial charge in [0.1, 0.15) is 11.4 Å². The van der Waals surface area contributed by atoms with E-state index in [4.69, 9.17) is 4.74 Å². The first-order valence-corrected chi connectivity index (χ1v) is 7.36. The normalized spacial score (nSPS) is 11.0. The van der Waals surface area contributed by atoms with E-state index in [0.717, 1.165) is 11.6 Å². The number of rotatable bonds is 7. The molecule has 2 rings (SSSR count). The van der Waals surface area contributed by atoms with Gasteiger partial charge in [-0.3, -0.25) is 25.7 Å². The van der Waals surface area contributed by atoms with E-state index < -0.39 is 15.5 Å². The van der Waals surface area contributed by atoms with Gasteiger partial charge in [-0.1, -0.05) is 6.92 Å². The van der Waals surface area contributed by atoms with Crippen LogP contribution in [0.4, 0.5) is 17.1 Å². The lowest BCUT2D eigenvalue weighted by atomic mass is 10.1. The molecule has 0 amide bonds. The number of nitrogens with zero attached hydrogens (tertiary/aromatic N) is 3. The Morgan fingerprint density at radius 2 is 1.80 bits per heavy atom. The van der Waals surface area contributed by atoms with E-state index in [2.05, 4.69) is 10.5 Å². The van der Waals surface area contributed by atoms with E-state index in [0.29, 0.717) is 17.9 Å². The van der Waals surface area contributed by atoms with Gasteiger partial charge >= 0.3 is 5.69 Å². The predicted molar refractivity (Wildman–Crippen MR) is 93.2 cm³/mol. The van der Waals surface area contributed by atoms with Crippen LogP contribution in [0.2, 0.25) is 0 Å². The lowest BCUT2D eigenvalue weighted by molar-refractivity contribution is -0.393. The number of nitro groups is 2. The zero-order valence-corrected chi connectivity index (χ0v) is 13.6. The summed E-state index contributed by atoms with van der Waals surface area (Å²) in [7, 11) is 1.57. The molecule has 130 valence electrons. The molecule has 0 aromatic heterocycles. The van der Waals surface area contributed by atoms with Crippen LogP contribution in [-0.4, -0.2) is 22.7 Å². The third kappa shape index (κ3) is 4.28. The molecule has 0 aliphatic rings. The van der Waals surface area contributed by atoms with Gasteiger partial charge in [0.2, 0.25) is 0 Å². The second-order valence-electron chi connectivity index (χ2n) is 4.97. The highest BCUT2D eigenvalue weighted by Crippen LogP contribution is 2.29. The number of non-ortho nitro benzene ring substituents is 1. The van der Waals surface area contributed by atoms with Crippen molar-refractivity contribution in [2.45, 2.75) is 13.3 Å². The molecule has 1 N–H and O–H groups in total. The highest BCUT2D eigenvalue weighted by Gasteiger charge is 2.19. The minimum Gasteiger partial charge on any atom is -0.497 e. The van der Waals surface area contributed by atoms with Crippen molar-refractivity contribution < 1.29 is 14.6 Å².